The lowest BCUT2D eigenvalue weighted by molar-refractivity contribution is 0.0938. The number of allylic oxidation sites excluding steroid dienone is 1. The van der Waals surface area contributed by atoms with Gasteiger partial charge in [-0.2, -0.15) is 0 Å². The molecule has 0 radical (unpaired) electrons. The number of Topliss-reactive ketones (excluding diaryl/α,β-unsaturated/α-hetero) is 1. The zero-order valence-corrected chi connectivity index (χ0v) is 7.94. The first kappa shape index (κ1) is 9.00. The molecule has 2 rings (SSSR count). The van der Waals surface area contributed by atoms with Crippen LogP contribution in [0.15, 0.2) is 42.6 Å². The highest BCUT2D eigenvalue weighted by Crippen LogP contribution is 2.15. The molecule has 0 aliphatic carbocycles. The predicted molar refractivity (Wildman–Crippen MR) is 56.0 cm³/mol. The van der Waals surface area contributed by atoms with Crippen molar-refractivity contribution >= 4 is 5.78 Å². The molecule has 1 aromatic rings. The number of rotatable bonds is 2. The Morgan fingerprint density at radius 1 is 1.29 bits per heavy atom. The molecule has 0 fully saturated rings. The highest BCUT2D eigenvalue weighted by molar-refractivity contribution is 5.98. The van der Waals surface area contributed by atoms with Crippen LogP contribution in [0.25, 0.3) is 0 Å². The molecule has 1 aromatic carbocycles. The number of nitrogens with one attached hydrogen (secondary N) is 1. The van der Waals surface area contributed by atoms with Gasteiger partial charge in [-0.25, -0.2) is 0 Å². The molecule has 0 bridgehead atoms. The Bertz CT molecular complexity index is 343. The second-order valence-corrected chi connectivity index (χ2v) is 3.44. The maximum absolute atomic E-state index is 11.9. The highest BCUT2D eigenvalue weighted by Gasteiger charge is 2.18. The van der Waals surface area contributed by atoms with E-state index in [9.17, 15) is 4.79 Å². The zero-order valence-electron chi connectivity index (χ0n) is 7.94. The minimum absolute atomic E-state index is 0.0543. The molecule has 1 aliphatic heterocycles. The summed E-state index contributed by atoms with van der Waals surface area (Å²) in [5, 5.41) is 3.09. The van der Waals surface area contributed by atoms with Crippen LogP contribution in [-0.4, -0.2) is 12.3 Å². The summed E-state index contributed by atoms with van der Waals surface area (Å²) in [6.45, 7) is 0.889. The number of carbonyl (C=O) groups is 1. The van der Waals surface area contributed by atoms with Crippen LogP contribution in [0.4, 0.5) is 0 Å². The van der Waals surface area contributed by atoms with Crippen LogP contribution in [0.1, 0.15) is 16.8 Å². The highest BCUT2D eigenvalue weighted by atomic mass is 16.1. The van der Waals surface area contributed by atoms with Gasteiger partial charge in [0.2, 0.25) is 0 Å². The molecule has 0 spiro atoms. The Hall–Kier alpha value is -1.57. The average Bonchev–Trinajstić information content (AvgIpc) is 2.30. The van der Waals surface area contributed by atoms with Crippen LogP contribution in [0.3, 0.4) is 0 Å². The molecule has 14 heavy (non-hydrogen) atoms. The van der Waals surface area contributed by atoms with Gasteiger partial charge in [0.25, 0.3) is 0 Å². The van der Waals surface area contributed by atoms with Crippen molar-refractivity contribution in [2.45, 2.75) is 6.42 Å². The fourth-order valence-corrected chi connectivity index (χ4v) is 1.64. The first-order valence-electron chi connectivity index (χ1n) is 4.87. The van der Waals surface area contributed by atoms with Crippen LogP contribution >= 0.6 is 0 Å². The van der Waals surface area contributed by atoms with E-state index in [0.717, 1.165) is 18.5 Å². The van der Waals surface area contributed by atoms with E-state index in [4.69, 9.17) is 0 Å². The third-order valence-electron chi connectivity index (χ3n) is 2.44. The number of carbonyl (C=O) groups excluding carboxylic acids is 1. The lowest BCUT2D eigenvalue weighted by atomic mass is 9.93. The van der Waals surface area contributed by atoms with Crippen LogP contribution in [-0.2, 0) is 0 Å². The molecule has 0 amide bonds. The van der Waals surface area contributed by atoms with E-state index in [1.165, 1.54) is 0 Å². The largest absolute Gasteiger partial charge is 0.391 e. The van der Waals surface area contributed by atoms with Gasteiger partial charge in [-0.1, -0.05) is 36.4 Å². The molecule has 0 aromatic heterocycles. The molecule has 72 valence electrons. The number of benzene rings is 1. The van der Waals surface area contributed by atoms with Gasteiger partial charge in [-0.05, 0) is 12.6 Å². The summed E-state index contributed by atoms with van der Waals surface area (Å²) in [4.78, 5) is 11.9. The van der Waals surface area contributed by atoms with E-state index in [2.05, 4.69) is 5.32 Å². The van der Waals surface area contributed by atoms with E-state index in [-0.39, 0.29) is 11.7 Å². The smallest absolute Gasteiger partial charge is 0.169 e. The standard InChI is InChI=1S/C12H13NO/c14-12(10-4-2-1-3-5-10)11-6-8-13-9-7-11/h1-6,8,11,13H,7,9H2. The molecule has 1 aliphatic rings. The van der Waals surface area contributed by atoms with Crippen molar-refractivity contribution in [2.75, 3.05) is 6.54 Å². The first-order valence-corrected chi connectivity index (χ1v) is 4.87. The van der Waals surface area contributed by atoms with Gasteiger partial charge in [0.15, 0.2) is 5.78 Å². The van der Waals surface area contributed by atoms with Gasteiger partial charge in [-0.15, -0.1) is 0 Å². The van der Waals surface area contributed by atoms with Crippen molar-refractivity contribution in [1.29, 1.82) is 0 Å². The van der Waals surface area contributed by atoms with Crippen molar-refractivity contribution in [2.24, 2.45) is 5.92 Å². The molecule has 1 unspecified atom stereocenters. The summed E-state index contributed by atoms with van der Waals surface area (Å²) in [7, 11) is 0. The first-order chi connectivity index (χ1) is 6.88. The maximum atomic E-state index is 11.9. The van der Waals surface area contributed by atoms with Crippen molar-refractivity contribution < 1.29 is 4.79 Å². The summed E-state index contributed by atoms with van der Waals surface area (Å²) in [5.74, 6) is 0.280. The molecule has 1 N–H and O–H groups in total. The van der Waals surface area contributed by atoms with Crippen LogP contribution < -0.4 is 5.32 Å². The van der Waals surface area contributed by atoms with Crippen molar-refractivity contribution in [3.05, 3.63) is 48.2 Å². The Morgan fingerprint density at radius 3 is 2.71 bits per heavy atom. The summed E-state index contributed by atoms with van der Waals surface area (Å²) < 4.78 is 0. The van der Waals surface area contributed by atoms with Crippen LogP contribution in [0.2, 0.25) is 0 Å². The van der Waals surface area contributed by atoms with Gasteiger partial charge < -0.3 is 5.32 Å². The van der Waals surface area contributed by atoms with Crippen molar-refractivity contribution in [1.82, 2.24) is 5.32 Å². The van der Waals surface area contributed by atoms with E-state index in [0.29, 0.717) is 0 Å². The Morgan fingerprint density at radius 2 is 2.07 bits per heavy atom. The minimum Gasteiger partial charge on any atom is -0.391 e. The molecule has 1 heterocycles. The molecular formula is C12H13NO. The molecule has 1 atom stereocenters. The van der Waals surface area contributed by atoms with Gasteiger partial charge in [0.1, 0.15) is 0 Å². The van der Waals surface area contributed by atoms with Crippen LogP contribution in [0.5, 0.6) is 0 Å². The Labute approximate surface area is 83.6 Å². The monoisotopic (exact) mass is 187 g/mol. The van der Waals surface area contributed by atoms with Crippen molar-refractivity contribution in [3.63, 3.8) is 0 Å². The zero-order chi connectivity index (χ0) is 9.80. The fraction of sp³-hybridized carbons (Fsp3) is 0.250. The summed E-state index contributed by atoms with van der Waals surface area (Å²) >= 11 is 0. The minimum atomic E-state index is 0.0543. The Kier molecular flexibility index (Phi) is 2.63. The SMILES string of the molecule is O=C(c1ccccc1)C1C=CNCC1. The summed E-state index contributed by atoms with van der Waals surface area (Å²) in [5.41, 5.74) is 0.809. The van der Waals surface area contributed by atoms with E-state index >= 15 is 0 Å². The molecule has 2 heteroatoms. The lowest BCUT2D eigenvalue weighted by Gasteiger charge is -2.15. The van der Waals surface area contributed by atoms with Crippen LogP contribution in [0, 0.1) is 5.92 Å². The molecule has 2 nitrogen and oxygen atoms in total. The normalized spacial score (nSPS) is 20.1. The van der Waals surface area contributed by atoms with Gasteiger partial charge in [-0.3, -0.25) is 4.79 Å². The summed E-state index contributed by atoms with van der Waals surface area (Å²) in [6, 6.07) is 9.47. The third kappa shape index (κ3) is 1.84. The van der Waals surface area contributed by atoms with E-state index < -0.39 is 0 Å². The lowest BCUT2D eigenvalue weighted by Crippen LogP contribution is -2.23. The number of hydrogen-bond donors (Lipinski definition) is 1. The van der Waals surface area contributed by atoms with Gasteiger partial charge in [0.05, 0.1) is 0 Å². The number of hydrogen-bond acceptors (Lipinski definition) is 2. The third-order valence-corrected chi connectivity index (χ3v) is 2.44. The number of ketones is 1. The van der Waals surface area contributed by atoms with Gasteiger partial charge in [0, 0.05) is 18.0 Å². The average molecular weight is 187 g/mol. The topological polar surface area (TPSA) is 29.1 Å². The molecule has 0 saturated heterocycles. The quantitative estimate of drug-likeness (QED) is 0.717. The van der Waals surface area contributed by atoms with Crippen molar-refractivity contribution in [3.8, 4) is 0 Å². The predicted octanol–water partition coefficient (Wildman–Crippen LogP) is 1.99. The fourth-order valence-electron chi connectivity index (χ4n) is 1.64. The summed E-state index contributed by atoms with van der Waals surface area (Å²) in [6.07, 6.45) is 4.71. The second kappa shape index (κ2) is 4.09. The second-order valence-electron chi connectivity index (χ2n) is 3.44. The maximum Gasteiger partial charge on any atom is 0.169 e. The Balaban J connectivity index is 2.16. The van der Waals surface area contributed by atoms with Gasteiger partial charge >= 0.3 is 0 Å². The molecule has 0 saturated carbocycles. The van der Waals surface area contributed by atoms with E-state index in [1.807, 2.05) is 42.6 Å². The van der Waals surface area contributed by atoms with E-state index in [1.54, 1.807) is 0 Å². The molecular weight excluding hydrogens is 174 g/mol.